The van der Waals surface area contributed by atoms with Gasteiger partial charge in [-0.3, -0.25) is 0 Å². The van der Waals surface area contributed by atoms with Crippen LogP contribution < -0.4 is 4.74 Å². The first-order valence-electron chi connectivity index (χ1n) is 7.39. The first kappa shape index (κ1) is 15.4. The van der Waals surface area contributed by atoms with Gasteiger partial charge in [-0.25, -0.2) is 0 Å². The van der Waals surface area contributed by atoms with Crippen LogP contribution in [0.5, 0.6) is 5.75 Å². The van der Waals surface area contributed by atoms with Crippen LogP contribution in [0.25, 0.3) is 6.08 Å². The molecular formula is C20H24O. The molecule has 110 valence electrons. The van der Waals surface area contributed by atoms with E-state index in [-0.39, 0.29) is 5.41 Å². The largest absolute Gasteiger partial charge is 0.497 e. The molecule has 0 bridgehead atoms. The molecule has 1 nitrogen and oxygen atoms in total. The second-order valence-electron chi connectivity index (χ2n) is 6.33. The summed E-state index contributed by atoms with van der Waals surface area (Å²) in [6.45, 7) is 6.71. The van der Waals surface area contributed by atoms with Crippen molar-refractivity contribution in [3.05, 3.63) is 71.3 Å². The quantitative estimate of drug-likeness (QED) is 0.743. The summed E-state index contributed by atoms with van der Waals surface area (Å²) in [5.74, 6) is 0.903. The summed E-state index contributed by atoms with van der Waals surface area (Å²) in [5, 5.41) is 0. The summed E-state index contributed by atoms with van der Waals surface area (Å²) in [6.07, 6.45) is 5.32. The first-order chi connectivity index (χ1) is 9.99. The van der Waals surface area contributed by atoms with Gasteiger partial charge >= 0.3 is 0 Å². The molecule has 0 unspecified atom stereocenters. The predicted molar refractivity (Wildman–Crippen MR) is 90.9 cm³/mol. The highest BCUT2D eigenvalue weighted by molar-refractivity contribution is 5.50. The van der Waals surface area contributed by atoms with E-state index in [2.05, 4.69) is 69.3 Å². The van der Waals surface area contributed by atoms with Crippen molar-refractivity contribution in [3.8, 4) is 5.75 Å². The summed E-state index contributed by atoms with van der Waals surface area (Å²) in [5.41, 5.74) is 4.12. The summed E-state index contributed by atoms with van der Waals surface area (Å²) in [6, 6.07) is 17.0. The van der Waals surface area contributed by atoms with E-state index in [0.29, 0.717) is 0 Å². The number of methoxy groups -OCH3 is 1. The fourth-order valence-corrected chi connectivity index (χ4v) is 2.19. The number of ether oxygens (including phenoxy) is 1. The summed E-state index contributed by atoms with van der Waals surface area (Å²) < 4.78 is 5.16. The molecule has 1 heteroatoms. The van der Waals surface area contributed by atoms with Crippen LogP contribution in [0, 0.1) is 0 Å². The second-order valence-corrected chi connectivity index (χ2v) is 6.33. The second kappa shape index (κ2) is 6.62. The maximum absolute atomic E-state index is 5.16. The molecule has 0 radical (unpaired) electrons. The van der Waals surface area contributed by atoms with Gasteiger partial charge < -0.3 is 4.74 Å². The van der Waals surface area contributed by atoms with Crippen LogP contribution in [0.4, 0.5) is 0 Å². The normalized spacial score (nSPS) is 11.8. The number of allylic oxidation sites excluding steroid dienone is 1. The zero-order chi connectivity index (χ0) is 15.3. The molecule has 0 spiro atoms. The molecule has 0 fully saturated rings. The Hall–Kier alpha value is -2.02. The third kappa shape index (κ3) is 4.49. The van der Waals surface area contributed by atoms with E-state index in [4.69, 9.17) is 4.74 Å². The fraction of sp³-hybridized carbons (Fsp3) is 0.300. The van der Waals surface area contributed by atoms with Gasteiger partial charge in [-0.1, -0.05) is 69.3 Å². The highest BCUT2D eigenvalue weighted by atomic mass is 16.5. The highest BCUT2D eigenvalue weighted by Gasteiger charge is 2.12. The SMILES string of the molecule is COc1ccc(CC=Cc2ccc(C(C)(C)C)cc2)cc1. The van der Waals surface area contributed by atoms with Gasteiger partial charge in [0.05, 0.1) is 7.11 Å². The molecular weight excluding hydrogens is 256 g/mol. The lowest BCUT2D eigenvalue weighted by atomic mass is 9.87. The topological polar surface area (TPSA) is 9.23 Å². The molecule has 0 saturated heterocycles. The Kier molecular flexibility index (Phi) is 4.85. The molecule has 0 saturated carbocycles. The molecule has 2 aromatic carbocycles. The van der Waals surface area contributed by atoms with Crippen molar-refractivity contribution in [2.24, 2.45) is 0 Å². The Morgan fingerprint density at radius 1 is 0.905 bits per heavy atom. The molecule has 0 amide bonds. The number of benzene rings is 2. The van der Waals surface area contributed by atoms with Crippen LogP contribution in [-0.2, 0) is 11.8 Å². The van der Waals surface area contributed by atoms with E-state index in [1.807, 2.05) is 12.1 Å². The first-order valence-corrected chi connectivity index (χ1v) is 7.39. The number of hydrogen-bond acceptors (Lipinski definition) is 1. The van der Waals surface area contributed by atoms with Crippen LogP contribution in [0.15, 0.2) is 54.6 Å². The molecule has 0 atom stereocenters. The van der Waals surface area contributed by atoms with Crippen LogP contribution in [0.3, 0.4) is 0 Å². The van der Waals surface area contributed by atoms with E-state index >= 15 is 0 Å². The van der Waals surface area contributed by atoms with Gasteiger partial charge in [0.15, 0.2) is 0 Å². The highest BCUT2D eigenvalue weighted by Crippen LogP contribution is 2.22. The summed E-state index contributed by atoms with van der Waals surface area (Å²) >= 11 is 0. The van der Waals surface area contributed by atoms with E-state index < -0.39 is 0 Å². The van der Waals surface area contributed by atoms with E-state index in [9.17, 15) is 0 Å². The van der Waals surface area contributed by atoms with E-state index in [1.165, 1.54) is 16.7 Å². The molecule has 0 heterocycles. The van der Waals surface area contributed by atoms with E-state index in [0.717, 1.165) is 12.2 Å². The summed E-state index contributed by atoms with van der Waals surface area (Å²) in [7, 11) is 1.69. The van der Waals surface area contributed by atoms with Crippen LogP contribution in [-0.4, -0.2) is 7.11 Å². The van der Waals surface area contributed by atoms with E-state index in [1.54, 1.807) is 7.11 Å². The predicted octanol–water partition coefficient (Wildman–Crippen LogP) is 5.25. The Morgan fingerprint density at radius 2 is 1.52 bits per heavy atom. The smallest absolute Gasteiger partial charge is 0.118 e. The lowest BCUT2D eigenvalue weighted by molar-refractivity contribution is 0.414. The maximum Gasteiger partial charge on any atom is 0.118 e. The molecule has 0 aliphatic rings. The summed E-state index contributed by atoms with van der Waals surface area (Å²) in [4.78, 5) is 0. The van der Waals surface area contributed by atoms with Crippen molar-refractivity contribution in [3.63, 3.8) is 0 Å². The zero-order valence-electron chi connectivity index (χ0n) is 13.4. The number of hydrogen-bond donors (Lipinski definition) is 0. The van der Waals surface area contributed by atoms with Gasteiger partial charge in [0.2, 0.25) is 0 Å². The molecule has 0 aromatic heterocycles. The Balaban J connectivity index is 1.97. The van der Waals surface area contributed by atoms with Crippen LogP contribution in [0.1, 0.15) is 37.5 Å². The van der Waals surface area contributed by atoms with Gasteiger partial charge in [-0.2, -0.15) is 0 Å². The Labute approximate surface area is 128 Å². The third-order valence-electron chi connectivity index (χ3n) is 3.60. The van der Waals surface area contributed by atoms with Crippen molar-refractivity contribution in [1.29, 1.82) is 0 Å². The molecule has 0 N–H and O–H groups in total. The molecule has 2 rings (SSSR count). The van der Waals surface area contributed by atoms with Crippen molar-refractivity contribution in [2.75, 3.05) is 7.11 Å². The minimum atomic E-state index is 0.214. The third-order valence-corrected chi connectivity index (χ3v) is 3.60. The minimum Gasteiger partial charge on any atom is -0.497 e. The number of rotatable bonds is 4. The minimum absolute atomic E-state index is 0.214. The maximum atomic E-state index is 5.16. The van der Waals surface area contributed by atoms with Crippen LogP contribution in [0.2, 0.25) is 0 Å². The van der Waals surface area contributed by atoms with Crippen molar-refractivity contribution in [2.45, 2.75) is 32.6 Å². The molecule has 21 heavy (non-hydrogen) atoms. The van der Waals surface area contributed by atoms with Gasteiger partial charge in [0, 0.05) is 0 Å². The van der Waals surface area contributed by atoms with Crippen molar-refractivity contribution in [1.82, 2.24) is 0 Å². The molecule has 0 aliphatic carbocycles. The Bertz CT molecular complexity index is 583. The van der Waals surface area contributed by atoms with Gasteiger partial charge in [0.1, 0.15) is 5.75 Å². The van der Waals surface area contributed by atoms with Crippen molar-refractivity contribution >= 4 is 6.08 Å². The van der Waals surface area contributed by atoms with Crippen LogP contribution >= 0.6 is 0 Å². The zero-order valence-corrected chi connectivity index (χ0v) is 13.4. The van der Waals surface area contributed by atoms with Gasteiger partial charge in [0.25, 0.3) is 0 Å². The standard InChI is InChI=1S/C20H24O/c1-20(2,3)18-12-8-16(9-13-18)6-5-7-17-10-14-19(21-4)15-11-17/h5-6,8-15H,7H2,1-4H3. The average Bonchev–Trinajstić information content (AvgIpc) is 2.47. The average molecular weight is 280 g/mol. The Morgan fingerprint density at radius 3 is 2.05 bits per heavy atom. The molecule has 2 aromatic rings. The van der Waals surface area contributed by atoms with Gasteiger partial charge in [-0.05, 0) is 40.7 Å². The lowest BCUT2D eigenvalue weighted by Gasteiger charge is -2.18. The molecule has 0 aliphatic heterocycles. The van der Waals surface area contributed by atoms with Crippen molar-refractivity contribution < 1.29 is 4.74 Å². The lowest BCUT2D eigenvalue weighted by Crippen LogP contribution is -2.10. The van der Waals surface area contributed by atoms with Gasteiger partial charge in [-0.15, -0.1) is 0 Å². The monoisotopic (exact) mass is 280 g/mol. The fourth-order valence-electron chi connectivity index (χ4n) is 2.19.